The van der Waals surface area contributed by atoms with E-state index in [-0.39, 0.29) is 23.8 Å². The number of thioether (sulfide) groups is 1. The number of amides is 2. The van der Waals surface area contributed by atoms with Gasteiger partial charge in [0.1, 0.15) is 17.2 Å². The molecule has 0 bridgehead atoms. The van der Waals surface area contributed by atoms with Crippen LogP contribution in [-0.2, 0) is 9.59 Å². The molecule has 5 nitrogen and oxygen atoms in total. The fraction of sp³-hybridized carbons (Fsp3) is 0.286. The summed E-state index contributed by atoms with van der Waals surface area (Å²) in [6, 6.07) is 8.53. The molecule has 1 saturated heterocycles. The van der Waals surface area contributed by atoms with Crippen molar-refractivity contribution < 1.29 is 14.3 Å². The van der Waals surface area contributed by atoms with E-state index in [2.05, 4.69) is 17.2 Å². The first kappa shape index (κ1) is 14.5. The molecule has 1 aliphatic rings. The van der Waals surface area contributed by atoms with Crippen LogP contribution in [0.4, 0.5) is 0 Å². The minimum absolute atomic E-state index is 0.113. The Hall–Kier alpha value is -1.95. The first-order valence-electron chi connectivity index (χ1n) is 6.16. The summed E-state index contributed by atoms with van der Waals surface area (Å²) in [7, 11) is 0. The Morgan fingerprint density at radius 3 is 2.75 bits per heavy atom. The Morgan fingerprint density at radius 2 is 2.15 bits per heavy atom. The molecule has 2 rings (SSSR count). The SMILES string of the molecule is C=C(C)S[C@H]1NC(=O)C1NC(=O)COc1ccccc1. The lowest BCUT2D eigenvalue weighted by atomic mass is 10.1. The van der Waals surface area contributed by atoms with Crippen molar-refractivity contribution in [1.29, 1.82) is 0 Å². The number of para-hydroxylation sites is 1. The zero-order valence-electron chi connectivity index (χ0n) is 11.1. The molecule has 2 amide bonds. The highest BCUT2D eigenvalue weighted by atomic mass is 32.2. The molecule has 1 unspecified atom stereocenters. The Bertz CT molecular complexity index is 518. The normalized spacial score (nSPS) is 20.6. The van der Waals surface area contributed by atoms with Crippen LogP contribution >= 0.6 is 11.8 Å². The highest BCUT2D eigenvalue weighted by molar-refractivity contribution is 8.03. The molecule has 1 aromatic carbocycles. The largest absolute Gasteiger partial charge is 0.484 e. The van der Waals surface area contributed by atoms with Crippen molar-refractivity contribution in [2.24, 2.45) is 0 Å². The lowest BCUT2D eigenvalue weighted by Crippen LogP contribution is -2.68. The molecule has 0 radical (unpaired) electrons. The molecule has 0 saturated carbocycles. The van der Waals surface area contributed by atoms with E-state index in [1.165, 1.54) is 11.8 Å². The summed E-state index contributed by atoms with van der Waals surface area (Å²) in [5.74, 6) is 0.117. The average Bonchev–Trinajstić information content (AvgIpc) is 2.43. The standard InChI is InChI=1S/C14H16N2O3S/c1-9(2)20-14-12(13(18)16-14)15-11(17)8-19-10-6-4-3-5-7-10/h3-7,12,14H,1,8H2,2H3,(H,15,17)(H,16,18)/t12?,14-/m1/s1. The van der Waals surface area contributed by atoms with Crippen LogP contribution in [0.5, 0.6) is 5.75 Å². The highest BCUT2D eigenvalue weighted by Crippen LogP contribution is 2.25. The van der Waals surface area contributed by atoms with Gasteiger partial charge in [0.2, 0.25) is 5.91 Å². The van der Waals surface area contributed by atoms with Crippen LogP contribution in [0.1, 0.15) is 6.92 Å². The molecule has 6 heteroatoms. The van der Waals surface area contributed by atoms with Gasteiger partial charge in [0.25, 0.3) is 5.91 Å². The second-order valence-corrected chi connectivity index (χ2v) is 5.84. The number of carbonyl (C=O) groups excluding carboxylic acids is 2. The third kappa shape index (κ3) is 3.77. The third-order valence-electron chi connectivity index (χ3n) is 2.63. The quantitative estimate of drug-likeness (QED) is 0.775. The van der Waals surface area contributed by atoms with E-state index in [4.69, 9.17) is 4.74 Å². The summed E-state index contributed by atoms with van der Waals surface area (Å²) in [5.41, 5.74) is 0. The number of β-lactam (4-membered cyclic amide) rings is 1. The number of ether oxygens (including phenoxy) is 1. The van der Waals surface area contributed by atoms with Gasteiger partial charge in [0.15, 0.2) is 6.61 Å². The van der Waals surface area contributed by atoms with E-state index in [0.29, 0.717) is 5.75 Å². The van der Waals surface area contributed by atoms with Gasteiger partial charge in [-0.3, -0.25) is 9.59 Å². The van der Waals surface area contributed by atoms with E-state index < -0.39 is 6.04 Å². The minimum atomic E-state index is -0.524. The number of benzene rings is 1. The molecule has 0 spiro atoms. The van der Waals surface area contributed by atoms with E-state index in [1.807, 2.05) is 25.1 Å². The minimum Gasteiger partial charge on any atom is -0.484 e. The molecule has 0 aliphatic carbocycles. The van der Waals surface area contributed by atoms with Crippen molar-refractivity contribution in [3.8, 4) is 5.75 Å². The van der Waals surface area contributed by atoms with E-state index >= 15 is 0 Å². The maximum atomic E-state index is 11.7. The second-order valence-electron chi connectivity index (χ2n) is 4.40. The summed E-state index contributed by atoms with van der Waals surface area (Å²) >= 11 is 1.43. The molecule has 2 N–H and O–H groups in total. The van der Waals surface area contributed by atoms with Crippen molar-refractivity contribution >= 4 is 23.6 Å². The summed E-state index contributed by atoms with van der Waals surface area (Å²) in [5, 5.41) is 5.21. The van der Waals surface area contributed by atoms with Gasteiger partial charge < -0.3 is 15.4 Å². The topological polar surface area (TPSA) is 67.4 Å². The van der Waals surface area contributed by atoms with Crippen LogP contribution in [0.3, 0.4) is 0 Å². The molecule has 2 atom stereocenters. The number of carbonyl (C=O) groups is 2. The smallest absolute Gasteiger partial charge is 0.258 e. The van der Waals surface area contributed by atoms with E-state index in [9.17, 15) is 9.59 Å². The lowest BCUT2D eigenvalue weighted by molar-refractivity contribution is -0.134. The molecular formula is C14H16N2O3S. The van der Waals surface area contributed by atoms with Gasteiger partial charge in [-0.25, -0.2) is 0 Å². The van der Waals surface area contributed by atoms with Crippen molar-refractivity contribution in [2.45, 2.75) is 18.3 Å². The zero-order chi connectivity index (χ0) is 14.5. The van der Waals surface area contributed by atoms with Crippen molar-refractivity contribution in [3.05, 3.63) is 41.8 Å². The van der Waals surface area contributed by atoms with Crippen LogP contribution in [0.15, 0.2) is 41.8 Å². The van der Waals surface area contributed by atoms with Crippen molar-refractivity contribution in [1.82, 2.24) is 10.6 Å². The summed E-state index contributed by atoms with van der Waals surface area (Å²) in [6.45, 7) is 5.51. The fourth-order valence-electron chi connectivity index (χ4n) is 1.69. The van der Waals surface area contributed by atoms with E-state index in [1.54, 1.807) is 12.1 Å². The average molecular weight is 292 g/mol. The third-order valence-corrected chi connectivity index (χ3v) is 3.67. The highest BCUT2D eigenvalue weighted by Gasteiger charge is 2.40. The molecule has 20 heavy (non-hydrogen) atoms. The van der Waals surface area contributed by atoms with Crippen molar-refractivity contribution in [2.75, 3.05) is 6.61 Å². The number of hydrogen-bond donors (Lipinski definition) is 2. The molecule has 1 heterocycles. The van der Waals surface area contributed by atoms with Crippen molar-refractivity contribution in [3.63, 3.8) is 0 Å². The number of allylic oxidation sites excluding steroid dienone is 1. The number of hydrogen-bond acceptors (Lipinski definition) is 4. The Morgan fingerprint density at radius 1 is 1.45 bits per heavy atom. The Labute approximate surface area is 121 Å². The van der Waals surface area contributed by atoms with Crippen LogP contribution < -0.4 is 15.4 Å². The molecule has 1 aromatic rings. The second kappa shape index (κ2) is 6.47. The molecule has 1 aliphatic heterocycles. The maximum Gasteiger partial charge on any atom is 0.258 e. The molecule has 106 valence electrons. The van der Waals surface area contributed by atoms with Gasteiger partial charge in [-0.05, 0) is 24.0 Å². The summed E-state index contributed by atoms with van der Waals surface area (Å²) in [4.78, 5) is 24.1. The van der Waals surface area contributed by atoms with Gasteiger partial charge in [0, 0.05) is 0 Å². The molecule has 0 aromatic heterocycles. The summed E-state index contributed by atoms with van der Waals surface area (Å²) in [6.07, 6.45) is 0. The Kier molecular flexibility index (Phi) is 4.68. The Balaban J connectivity index is 1.79. The van der Waals surface area contributed by atoms with Gasteiger partial charge in [-0.2, -0.15) is 0 Å². The van der Waals surface area contributed by atoms with Crippen LogP contribution in [0.2, 0.25) is 0 Å². The number of rotatable bonds is 6. The van der Waals surface area contributed by atoms with Gasteiger partial charge in [0.05, 0.1) is 0 Å². The monoisotopic (exact) mass is 292 g/mol. The first-order chi connectivity index (χ1) is 9.56. The van der Waals surface area contributed by atoms with Crippen LogP contribution in [0.25, 0.3) is 0 Å². The zero-order valence-corrected chi connectivity index (χ0v) is 11.9. The van der Waals surface area contributed by atoms with Gasteiger partial charge in [-0.1, -0.05) is 24.8 Å². The van der Waals surface area contributed by atoms with Gasteiger partial charge in [-0.15, -0.1) is 11.8 Å². The fourth-order valence-corrected chi connectivity index (χ4v) is 2.63. The van der Waals surface area contributed by atoms with Crippen LogP contribution in [0, 0.1) is 0 Å². The predicted molar refractivity (Wildman–Crippen MR) is 78.2 cm³/mol. The predicted octanol–water partition coefficient (Wildman–Crippen LogP) is 1.27. The molecule has 1 fully saturated rings. The molecular weight excluding hydrogens is 276 g/mol. The van der Waals surface area contributed by atoms with Crippen LogP contribution in [-0.4, -0.2) is 29.8 Å². The maximum absolute atomic E-state index is 11.7. The first-order valence-corrected chi connectivity index (χ1v) is 7.04. The lowest BCUT2D eigenvalue weighted by Gasteiger charge is -2.36. The van der Waals surface area contributed by atoms with E-state index in [0.717, 1.165) is 4.91 Å². The number of nitrogens with one attached hydrogen (secondary N) is 2. The summed E-state index contributed by atoms with van der Waals surface area (Å²) < 4.78 is 5.32. The van der Waals surface area contributed by atoms with Gasteiger partial charge >= 0.3 is 0 Å².